The third-order valence-electron chi connectivity index (χ3n) is 4.81. The monoisotopic (exact) mass is 378 g/mol. The van der Waals surface area contributed by atoms with Gasteiger partial charge in [-0.3, -0.25) is 14.8 Å². The number of amides is 1. The fourth-order valence-electron chi connectivity index (χ4n) is 3.35. The van der Waals surface area contributed by atoms with Crippen LogP contribution in [0.25, 0.3) is 0 Å². The molecule has 1 saturated heterocycles. The van der Waals surface area contributed by atoms with E-state index in [2.05, 4.69) is 15.0 Å². The SMILES string of the molecule is O=C(c1cccnc1)N1CCC(c2nccnc2Oc2ccccc2F)CC1. The Bertz CT molecular complexity index is 959. The number of piperidine rings is 1. The van der Waals surface area contributed by atoms with E-state index in [1.54, 1.807) is 48.9 Å². The maximum Gasteiger partial charge on any atom is 0.255 e. The number of hydrogen-bond donors (Lipinski definition) is 0. The van der Waals surface area contributed by atoms with Crippen molar-refractivity contribution in [3.63, 3.8) is 0 Å². The number of carbonyl (C=O) groups is 1. The van der Waals surface area contributed by atoms with Crippen LogP contribution < -0.4 is 4.74 Å². The number of pyridine rings is 1. The van der Waals surface area contributed by atoms with Crippen LogP contribution in [0.3, 0.4) is 0 Å². The summed E-state index contributed by atoms with van der Waals surface area (Å²) in [6, 6.07) is 9.74. The third kappa shape index (κ3) is 3.83. The summed E-state index contributed by atoms with van der Waals surface area (Å²) in [4.78, 5) is 27.1. The van der Waals surface area contributed by atoms with Crippen molar-refractivity contribution in [3.05, 3.63) is 78.3 Å². The van der Waals surface area contributed by atoms with Gasteiger partial charge >= 0.3 is 0 Å². The Kier molecular flexibility index (Phi) is 5.23. The van der Waals surface area contributed by atoms with Crippen LogP contribution in [-0.2, 0) is 0 Å². The number of ether oxygens (including phenoxy) is 1. The van der Waals surface area contributed by atoms with Gasteiger partial charge in [0.15, 0.2) is 11.6 Å². The highest BCUT2D eigenvalue weighted by atomic mass is 19.1. The molecular formula is C21H19FN4O2. The number of rotatable bonds is 4. The van der Waals surface area contributed by atoms with Gasteiger partial charge in [0.2, 0.25) is 5.88 Å². The van der Waals surface area contributed by atoms with Gasteiger partial charge in [-0.05, 0) is 37.1 Å². The summed E-state index contributed by atoms with van der Waals surface area (Å²) in [7, 11) is 0. The fraction of sp³-hybridized carbons (Fsp3) is 0.238. The molecule has 0 spiro atoms. The Hall–Kier alpha value is -3.35. The Morgan fingerprint density at radius 1 is 1.04 bits per heavy atom. The van der Waals surface area contributed by atoms with Crippen LogP contribution in [0.2, 0.25) is 0 Å². The smallest absolute Gasteiger partial charge is 0.255 e. The summed E-state index contributed by atoms with van der Waals surface area (Å²) in [6.07, 6.45) is 7.83. The molecule has 0 aliphatic carbocycles. The molecule has 1 amide bonds. The van der Waals surface area contributed by atoms with E-state index in [-0.39, 0.29) is 17.6 Å². The molecule has 1 aromatic carbocycles. The molecule has 142 valence electrons. The van der Waals surface area contributed by atoms with Crippen molar-refractivity contribution in [3.8, 4) is 11.6 Å². The van der Waals surface area contributed by atoms with Crippen LogP contribution in [0.1, 0.15) is 34.8 Å². The first-order valence-electron chi connectivity index (χ1n) is 9.15. The lowest BCUT2D eigenvalue weighted by molar-refractivity contribution is 0.0711. The van der Waals surface area contributed by atoms with Gasteiger partial charge in [-0.25, -0.2) is 9.37 Å². The average molecular weight is 378 g/mol. The maximum atomic E-state index is 13.9. The van der Waals surface area contributed by atoms with Crippen molar-refractivity contribution in [1.29, 1.82) is 0 Å². The highest BCUT2D eigenvalue weighted by molar-refractivity contribution is 5.93. The van der Waals surface area contributed by atoms with E-state index in [1.165, 1.54) is 12.3 Å². The molecule has 3 aromatic rings. The molecule has 28 heavy (non-hydrogen) atoms. The van der Waals surface area contributed by atoms with Crippen LogP contribution in [0.4, 0.5) is 4.39 Å². The largest absolute Gasteiger partial charge is 0.434 e. The minimum atomic E-state index is -0.448. The normalized spacial score (nSPS) is 14.7. The van der Waals surface area contributed by atoms with E-state index in [1.807, 2.05) is 4.90 Å². The summed E-state index contributed by atoms with van der Waals surface area (Å²) in [5, 5.41) is 0. The topological polar surface area (TPSA) is 68.2 Å². The highest BCUT2D eigenvalue weighted by Crippen LogP contribution is 2.34. The van der Waals surface area contributed by atoms with E-state index < -0.39 is 5.82 Å². The molecule has 7 heteroatoms. The second-order valence-electron chi connectivity index (χ2n) is 6.59. The quantitative estimate of drug-likeness (QED) is 0.690. The van der Waals surface area contributed by atoms with Crippen LogP contribution in [0.5, 0.6) is 11.6 Å². The molecule has 0 radical (unpaired) electrons. The summed E-state index contributed by atoms with van der Waals surface area (Å²) in [5.41, 5.74) is 1.28. The predicted molar refractivity (Wildman–Crippen MR) is 101 cm³/mol. The van der Waals surface area contributed by atoms with Crippen molar-refractivity contribution < 1.29 is 13.9 Å². The molecule has 0 bridgehead atoms. The number of carbonyl (C=O) groups excluding carboxylic acids is 1. The van der Waals surface area contributed by atoms with E-state index in [9.17, 15) is 9.18 Å². The summed E-state index contributed by atoms with van der Waals surface area (Å²) in [6.45, 7) is 1.21. The molecule has 1 aliphatic heterocycles. The van der Waals surface area contributed by atoms with Gasteiger partial charge in [-0.15, -0.1) is 0 Å². The first kappa shape index (κ1) is 18.0. The number of nitrogens with zero attached hydrogens (tertiary/aromatic N) is 4. The number of benzene rings is 1. The van der Waals surface area contributed by atoms with Gasteiger partial charge in [-0.1, -0.05) is 12.1 Å². The molecule has 1 aliphatic rings. The summed E-state index contributed by atoms with van der Waals surface area (Å²) in [5.74, 6) is 0.0519. The number of aromatic nitrogens is 3. The van der Waals surface area contributed by atoms with Crippen molar-refractivity contribution >= 4 is 5.91 Å². The highest BCUT2D eigenvalue weighted by Gasteiger charge is 2.28. The molecule has 1 fully saturated rings. The molecule has 0 N–H and O–H groups in total. The van der Waals surface area contributed by atoms with Crippen molar-refractivity contribution in [2.75, 3.05) is 13.1 Å². The van der Waals surface area contributed by atoms with Crippen LogP contribution in [-0.4, -0.2) is 38.8 Å². The van der Waals surface area contributed by atoms with E-state index >= 15 is 0 Å². The first-order valence-corrected chi connectivity index (χ1v) is 9.15. The molecule has 4 rings (SSSR count). The number of halogens is 1. The van der Waals surface area contributed by atoms with Gasteiger partial charge in [0.1, 0.15) is 5.69 Å². The third-order valence-corrected chi connectivity index (χ3v) is 4.81. The van der Waals surface area contributed by atoms with Crippen molar-refractivity contribution in [2.45, 2.75) is 18.8 Å². The maximum absolute atomic E-state index is 13.9. The molecule has 0 saturated carbocycles. The lowest BCUT2D eigenvalue weighted by Gasteiger charge is -2.32. The zero-order chi connectivity index (χ0) is 19.3. The summed E-state index contributed by atoms with van der Waals surface area (Å²) >= 11 is 0. The Balaban J connectivity index is 1.47. The van der Waals surface area contributed by atoms with Gasteiger partial charge in [-0.2, -0.15) is 0 Å². The summed E-state index contributed by atoms with van der Waals surface area (Å²) < 4.78 is 19.6. The van der Waals surface area contributed by atoms with Crippen molar-refractivity contribution in [1.82, 2.24) is 19.9 Å². The van der Waals surface area contributed by atoms with Gasteiger partial charge in [0.05, 0.1) is 5.56 Å². The molecule has 6 nitrogen and oxygen atoms in total. The second kappa shape index (κ2) is 8.12. The first-order chi connectivity index (χ1) is 13.7. The minimum Gasteiger partial charge on any atom is -0.434 e. The average Bonchev–Trinajstić information content (AvgIpc) is 2.76. The Labute approximate surface area is 162 Å². The lowest BCUT2D eigenvalue weighted by atomic mass is 9.93. The zero-order valence-corrected chi connectivity index (χ0v) is 15.2. The second-order valence-corrected chi connectivity index (χ2v) is 6.59. The van der Waals surface area contributed by atoms with Gasteiger partial charge in [0.25, 0.3) is 5.91 Å². The molecule has 3 heterocycles. The van der Waals surface area contributed by atoms with Crippen molar-refractivity contribution in [2.24, 2.45) is 0 Å². The zero-order valence-electron chi connectivity index (χ0n) is 15.2. The van der Waals surface area contributed by atoms with Crippen LogP contribution in [0.15, 0.2) is 61.2 Å². The molecule has 2 aromatic heterocycles. The Morgan fingerprint density at radius 2 is 1.82 bits per heavy atom. The number of likely N-dealkylation sites (tertiary alicyclic amines) is 1. The van der Waals surface area contributed by atoms with E-state index in [0.717, 1.165) is 12.8 Å². The van der Waals surface area contributed by atoms with E-state index in [4.69, 9.17) is 4.74 Å². The molecule has 0 atom stereocenters. The molecule has 0 unspecified atom stereocenters. The van der Waals surface area contributed by atoms with Gasteiger partial charge < -0.3 is 9.64 Å². The van der Waals surface area contributed by atoms with Crippen LogP contribution >= 0.6 is 0 Å². The lowest BCUT2D eigenvalue weighted by Crippen LogP contribution is -2.38. The fourth-order valence-corrected chi connectivity index (χ4v) is 3.35. The van der Waals surface area contributed by atoms with Crippen LogP contribution in [0, 0.1) is 5.82 Å². The number of para-hydroxylation sites is 1. The van der Waals surface area contributed by atoms with Gasteiger partial charge in [0, 0.05) is 43.8 Å². The Morgan fingerprint density at radius 3 is 2.57 bits per heavy atom. The predicted octanol–water partition coefficient (Wildman–Crippen LogP) is 3.82. The van der Waals surface area contributed by atoms with E-state index in [0.29, 0.717) is 30.2 Å². The molecular weight excluding hydrogens is 359 g/mol. The minimum absolute atomic E-state index is 0.0199. The standard InChI is InChI=1S/C21H19FN4O2/c22-17-5-1-2-6-18(17)28-20-19(24-10-11-25-20)15-7-12-26(13-8-15)21(27)16-4-3-9-23-14-16/h1-6,9-11,14-15H,7-8,12-13H2. The number of hydrogen-bond acceptors (Lipinski definition) is 5.